The van der Waals surface area contributed by atoms with Crippen LogP contribution in [0.4, 0.5) is 0 Å². The number of carbonyl (C=O) groups excluding carboxylic acids is 1. The van der Waals surface area contributed by atoms with Gasteiger partial charge in [-0.25, -0.2) is 5.43 Å². The second kappa shape index (κ2) is 10.6. The van der Waals surface area contributed by atoms with Crippen LogP contribution in [-0.4, -0.2) is 53.1 Å². The zero-order valence-corrected chi connectivity index (χ0v) is 17.5. The topological polar surface area (TPSA) is 60.8 Å². The SMILES string of the molecule is O=C(N/N=C\c1ccccn1)c1ccc(CN2CCN(Cc3ccccc3)CC2)cc1. The molecule has 158 valence electrons. The van der Waals surface area contributed by atoms with Crippen molar-refractivity contribution in [1.82, 2.24) is 20.2 Å². The van der Waals surface area contributed by atoms with E-state index in [9.17, 15) is 4.79 Å². The van der Waals surface area contributed by atoms with Gasteiger partial charge in [0.25, 0.3) is 5.91 Å². The molecular weight excluding hydrogens is 386 g/mol. The van der Waals surface area contributed by atoms with E-state index in [1.807, 2.05) is 42.5 Å². The highest BCUT2D eigenvalue weighted by atomic mass is 16.2. The van der Waals surface area contributed by atoms with Crippen LogP contribution >= 0.6 is 0 Å². The molecule has 0 radical (unpaired) electrons. The lowest BCUT2D eigenvalue weighted by molar-refractivity contribution is 0.0955. The Bertz CT molecular complexity index is 981. The molecule has 2 heterocycles. The number of carbonyl (C=O) groups is 1. The van der Waals surface area contributed by atoms with Gasteiger partial charge in [-0.2, -0.15) is 5.10 Å². The molecule has 0 saturated carbocycles. The molecule has 1 aliphatic rings. The summed E-state index contributed by atoms with van der Waals surface area (Å²) in [5.41, 5.74) is 6.42. The maximum absolute atomic E-state index is 12.3. The van der Waals surface area contributed by atoms with Crippen LogP contribution in [0.1, 0.15) is 27.2 Å². The maximum atomic E-state index is 12.3. The van der Waals surface area contributed by atoms with Crippen molar-refractivity contribution < 1.29 is 4.79 Å². The molecular formula is C25H27N5O. The fourth-order valence-corrected chi connectivity index (χ4v) is 3.64. The first-order chi connectivity index (χ1) is 15.3. The lowest BCUT2D eigenvalue weighted by atomic mass is 10.1. The zero-order chi connectivity index (χ0) is 21.3. The van der Waals surface area contributed by atoms with Gasteiger partial charge in [-0.05, 0) is 35.4 Å². The minimum absolute atomic E-state index is 0.228. The van der Waals surface area contributed by atoms with E-state index in [-0.39, 0.29) is 5.91 Å². The van der Waals surface area contributed by atoms with Gasteiger partial charge in [-0.1, -0.05) is 48.5 Å². The quantitative estimate of drug-likeness (QED) is 0.477. The summed E-state index contributed by atoms with van der Waals surface area (Å²) in [5.74, 6) is -0.228. The summed E-state index contributed by atoms with van der Waals surface area (Å²) in [5, 5.41) is 3.97. The van der Waals surface area contributed by atoms with E-state index < -0.39 is 0 Å². The van der Waals surface area contributed by atoms with Crippen molar-refractivity contribution in [3.63, 3.8) is 0 Å². The van der Waals surface area contributed by atoms with Crippen molar-refractivity contribution in [2.45, 2.75) is 13.1 Å². The first-order valence-corrected chi connectivity index (χ1v) is 10.6. The number of rotatable bonds is 7. The predicted molar refractivity (Wildman–Crippen MR) is 123 cm³/mol. The van der Waals surface area contributed by atoms with Gasteiger partial charge in [0.2, 0.25) is 0 Å². The van der Waals surface area contributed by atoms with Crippen molar-refractivity contribution in [1.29, 1.82) is 0 Å². The highest BCUT2D eigenvalue weighted by Crippen LogP contribution is 2.12. The van der Waals surface area contributed by atoms with Gasteiger partial charge in [0.1, 0.15) is 0 Å². The molecule has 1 N–H and O–H groups in total. The molecule has 2 aromatic carbocycles. The van der Waals surface area contributed by atoms with E-state index in [1.54, 1.807) is 6.20 Å². The third-order valence-electron chi connectivity index (χ3n) is 5.39. The summed E-state index contributed by atoms with van der Waals surface area (Å²) in [6.07, 6.45) is 3.22. The second-order valence-electron chi connectivity index (χ2n) is 7.69. The van der Waals surface area contributed by atoms with Crippen molar-refractivity contribution in [3.05, 3.63) is 101 Å². The van der Waals surface area contributed by atoms with Crippen molar-refractivity contribution in [3.8, 4) is 0 Å². The third-order valence-corrected chi connectivity index (χ3v) is 5.39. The predicted octanol–water partition coefficient (Wildman–Crippen LogP) is 3.16. The smallest absolute Gasteiger partial charge is 0.271 e. The van der Waals surface area contributed by atoms with Crippen LogP contribution in [0.2, 0.25) is 0 Å². The fraction of sp³-hybridized carbons (Fsp3) is 0.240. The Labute approximate surface area is 183 Å². The van der Waals surface area contributed by atoms with Crippen LogP contribution in [0.15, 0.2) is 84.1 Å². The minimum Gasteiger partial charge on any atom is -0.297 e. The number of pyridine rings is 1. The molecule has 6 heteroatoms. The standard InChI is InChI=1S/C25H27N5O/c31-25(28-27-18-24-8-4-5-13-26-24)23-11-9-22(10-12-23)20-30-16-14-29(15-17-30)19-21-6-2-1-3-7-21/h1-13,18H,14-17,19-20H2,(H,28,31)/b27-18-. The van der Waals surface area contributed by atoms with Crippen LogP contribution in [0.5, 0.6) is 0 Å². The Morgan fingerprint density at radius 3 is 2.06 bits per heavy atom. The lowest BCUT2D eigenvalue weighted by Crippen LogP contribution is -2.45. The molecule has 1 amide bonds. The van der Waals surface area contributed by atoms with E-state index >= 15 is 0 Å². The first kappa shape index (κ1) is 20.9. The molecule has 1 fully saturated rings. The number of hydrazone groups is 1. The van der Waals surface area contributed by atoms with Crippen LogP contribution < -0.4 is 5.43 Å². The Balaban J connectivity index is 1.22. The van der Waals surface area contributed by atoms with Crippen molar-refractivity contribution in [2.24, 2.45) is 5.10 Å². The summed E-state index contributed by atoms with van der Waals surface area (Å²) in [6, 6.07) is 23.9. The number of nitrogens with one attached hydrogen (secondary N) is 1. The first-order valence-electron chi connectivity index (χ1n) is 10.6. The van der Waals surface area contributed by atoms with Crippen LogP contribution in [0, 0.1) is 0 Å². The van der Waals surface area contributed by atoms with Crippen molar-refractivity contribution >= 4 is 12.1 Å². The van der Waals surface area contributed by atoms with Crippen LogP contribution in [-0.2, 0) is 13.1 Å². The van der Waals surface area contributed by atoms with Gasteiger partial charge in [0.05, 0.1) is 11.9 Å². The average molecular weight is 414 g/mol. The second-order valence-corrected chi connectivity index (χ2v) is 7.69. The zero-order valence-electron chi connectivity index (χ0n) is 17.5. The number of amides is 1. The van der Waals surface area contributed by atoms with Gasteiger partial charge in [-0.15, -0.1) is 0 Å². The van der Waals surface area contributed by atoms with E-state index in [4.69, 9.17) is 0 Å². The number of aromatic nitrogens is 1. The highest BCUT2D eigenvalue weighted by molar-refractivity contribution is 5.94. The van der Waals surface area contributed by atoms with Gasteiger partial charge in [0.15, 0.2) is 0 Å². The Morgan fingerprint density at radius 1 is 0.839 bits per heavy atom. The Morgan fingerprint density at radius 2 is 1.45 bits per heavy atom. The van der Waals surface area contributed by atoms with E-state index in [0.717, 1.165) is 39.3 Å². The molecule has 4 rings (SSSR count). The summed E-state index contributed by atoms with van der Waals surface area (Å²) < 4.78 is 0. The van der Waals surface area contributed by atoms with Crippen molar-refractivity contribution in [2.75, 3.05) is 26.2 Å². The van der Waals surface area contributed by atoms with E-state index in [2.05, 4.69) is 55.6 Å². The summed E-state index contributed by atoms with van der Waals surface area (Å²) in [7, 11) is 0. The number of nitrogens with zero attached hydrogens (tertiary/aromatic N) is 4. The largest absolute Gasteiger partial charge is 0.297 e. The molecule has 0 spiro atoms. The summed E-state index contributed by atoms with van der Waals surface area (Å²) in [6.45, 7) is 6.17. The molecule has 6 nitrogen and oxygen atoms in total. The van der Waals surface area contributed by atoms with E-state index in [1.165, 1.54) is 17.3 Å². The normalized spacial score (nSPS) is 15.2. The Hall–Kier alpha value is -3.35. The number of hydrogen-bond acceptors (Lipinski definition) is 5. The molecule has 0 aliphatic carbocycles. The lowest BCUT2D eigenvalue weighted by Gasteiger charge is -2.34. The van der Waals surface area contributed by atoms with Gasteiger partial charge < -0.3 is 0 Å². The number of piperazine rings is 1. The molecule has 1 aromatic heterocycles. The number of benzene rings is 2. The van der Waals surface area contributed by atoms with Gasteiger partial charge >= 0.3 is 0 Å². The molecule has 31 heavy (non-hydrogen) atoms. The average Bonchev–Trinajstić information content (AvgIpc) is 2.82. The Kier molecular flexibility index (Phi) is 7.16. The molecule has 0 unspecified atom stereocenters. The van der Waals surface area contributed by atoms with E-state index in [0.29, 0.717) is 11.3 Å². The molecule has 0 atom stereocenters. The monoisotopic (exact) mass is 413 g/mol. The number of hydrogen-bond donors (Lipinski definition) is 1. The fourth-order valence-electron chi connectivity index (χ4n) is 3.64. The molecule has 3 aromatic rings. The van der Waals surface area contributed by atoms with Crippen LogP contribution in [0.3, 0.4) is 0 Å². The maximum Gasteiger partial charge on any atom is 0.271 e. The summed E-state index contributed by atoms with van der Waals surface area (Å²) in [4.78, 5) is 21.4. The molecule has 1 aliphatic heterocycles. The third kappa shape index (κ3) is 6.31. The minimum atomic E-state index is -0.228. The highest BCUT2D eigenvalue weighted by Gasteiger charge is 2.17. The van der Waals surface area contributed by atoms with Gasteiger partial charge in [0, 0.05) is 51.0 Å². The van der Waals surface area contributed by atoms with Crippen LogP contribution in [0.25, 0.3) is 0 Å². The summed E-state index contributed by atoms with van der Waals surface area (Å²) >= 11 is 0. The molecule has 1 saturated heterocycles. The molecule has 0 bridgehead atoms. The van der Waals surface area contributed by atoms with Gasteiger partial charge in [-0.3, -0.25) is 19.6 Å².